The van der Waals surface area contributed by atoms with Crippen molar-refractivity contribution in [1.29, 1.82) is 5.26 Å². The van der Waals surface area contributed by atoms with Crippen LogP contribution in [0.25, 0.3) is 0 Å². The van der Waals surface area contributed by atoms with E-state index in [1.54, 1.807) is 25.3 Å². The van der Waals surface area contributed by atoms with Gasteiger partial charge in [0, 0.05) is 25.8 Å². The van der Waals surface area contributed by atoms with Crippen molar-refractivity contribution in [3.05, 3.63) is 59.7 Å². The fourth-order valence-corrected chi connectivity index (χ4v) is 3.22. The normalized spacial score (nSPS) is 10.8. The average molecular weight is 373 g/mol. The number of amides is 1. The zero-order chi connectivity index (χ0) is 19.0. The number of ether oxygens (including phenoxy) is 1. The summed E-state index contributed by atoms with van der Waals surface area (Å²) in [5.41, 5.74) is 1.02. The number of anilines is 1. The fraction of sp³-hybridized carbons (Fsp3) is 0.222. The number of rotatable bonds is 8. The van der Waals surface area contributed by atoms with Gasteiger partial charge in [-0.05, 0) is 48.9 Å². The lowest BCUT2D eigenvalue weighted by Gasteiger charge is -2.09. The molecule has 8 heteroatoms. The molecular formula is C18H19N3O4S. The summed E-state index contributed by atoms with van der Waals surface area (Å²) in [5, 5.41) is 11.6. The van der Waals surface area contributed by atoms with Crippen molar-refractivity contribution in [3.63, 3.8) is 0 Å². The summed E-state index contributed by atoms with van der Waals surface area (Å²) in [6.45, 7) is 1.03. The smallest absolute Gasteiger partial charge is 0.261 e. The van der Waals surface area contributed by atoms with Gasteiger partial charge in [0.15, 0.2) is 0 Å². The largest absolute Gasteiger partial charge is 0.385 e. The van der Waals surface area contributed by atoms with Crippen LogP contribution in [-0.4, -0.2) is 34.6 Å². The van der Waals surface area contributed by atoms with E-state index in [-0.39, 0.29) is 10.8 Å². The second-order valence-electron chi connectivity index (χ2n) is 5.42. The third-order valence-corrected chi connectivity index (χ3v) is 4.88. The van der Waals surface area contributed by atoms with Crippen molar-refractivity contribution in [3.8, 4) is 6.07 Å². The van der Waals surface area contributed by atoms with Crippen LogP contribution in [-0.2, 0) is 14.8 Å². The van der Waals surface area contributed by atoms with Crippen molar-refractivity contribution in [1.82, 2.24) is 5.32 Å². The zero-order valence-electron chi connectivity index (χ0n) is 14.2. The van der Waals surface area contributed by atoms with Crippen LogP contribution in [0.4, 0.5) is 5.69 Å². The van der Waals surface area contributed by atoms with Gasteiger partial charge in [0.25, 0.3) is 15.9 Å². The summed E-state index contributed by atoms with van der Waals surface area (Å²) in [7, 11) is -2.22. The number of carbonyl (C=O) groups excluding carboxylic acids is 1. The number of benzene rings is 2. The highest BCUT2D eigenvalue weighted by Gasteiger charge is 2.15. The third-order valence-electron chi connectivity index (χ3n) is 3.48. The highest BCUT2D eigenvalue weighted by atomic mass is 32.2. The second kappa shape index (κ2) is 8.99. The van der Waals surface area contributed by atoms with Crippen LogP contribution in [0.5, 0.6) is 0 Å². The maximum absolute atomic E-state index is 12.4. The number of hydrogen-bond acceptors (Lipinski definition) is 5. The van der Waals surface area contributed by atoms with E-state index in [9.17, 15) is 13.2 Å². The van der Waals surface area contributed by atoms with Crippen molar-refractivity contribution in [2.75, 3.05) is 25.0 Å². The first-order chi connectivity index (χ1) is 12.5. The molecule has 0 aliphatic heterocycles. The number of sulfonamides is 1. The minimum Gasteiger partial charge on any atom is -0.385 e. The Balaban J connectivity index is 2.06. The first-order valence-electron chi connectivity index (χ1n) is 7.86. The minimum atomic E-state index is -3.81. The Bertz CT molecular complexity index is 903. The lowest BCUT2D eigenvalue weighted by Crippen LogP contribution is -2.25. The van der Waals surface area contributed by atoms with Crippen LogP contribution in [0.2, 0.25) is 0 Å². The minimum absolute atomic E-state index is 0.0239. The highest BCUT2D eigenvalue weighted by Crippen LogP contribution is 2.17. The van der Waals surface area contributed by atoms with E-state index in [0.29, 0.717) is 36.4 Å². The van der Waals surface area contributed by atoms with Gasteiger partial charge in [-0.1, -0.05) is 6.07 Å². The molecule has 0 aliphatic carbocycles. The van der Waals surface area contributed by atoms with Gasteiger partial charge in [-0.25, -0.2) is 8.42 Å². The van der Waals surface area contributed by atoms with E-state index < -0.39 is 10.0 Å². The molecule has 2 aromatic rings. The van der Waals surface area contributed by atoms with Crippen molar-refractivity contribution in [2.45, 2.75) is 11.3 Å². The quantitative estimate of drug-likeness (QED) is 0.689. The van der Waals surface area contributed by atoms with E-state index in [4.69, 9.17) is 10.00 Å². The van der Waals surface area contributed by atoms with Gasteiger partial charge in [0.05, 0.1) is 22.2 Å². The molecule has 0 heterocycles. The van der Waals surface area contributed by atoms with Gasteiger partial charge in [-0.15, -0.1) is 0 Å². The van der Waals surface area contributed by atoms with E-state index in [2.05, 4.69) is 10.0 Å². The van der Waals surface area contributed by atoms with Crippen molar-refractivity contribution >= 4 is 21.6 Å². The van der Waals surface area contributed by atoms with Crippen LogP contribution in [0.3, 0.4) is 0 Å². The van der Waals surface area contributed by atoms with Crippen molar-refractivity contribution < 1.29 is 17.9 Å². The lowest BCUT2D eigenvalue weighted by molar-refractivity contribution is 0.0948. The molecule has 2 N–H and O–H groups in total. The van der Waals surface area contributed by atoms with Gasteiger partial charge < -0.3 is 10.1 Å². The standard InChI is InChI=1S/C18H19N3O4S/c1-25-11-3-10-20-18(22)15-6-8-17(9-7-15)26(23,24)21-16-5-2-4-14(12-16)13-19/h2,4-9,12,21H,3,10-11H2,1H3,(H,20,22). The summed E-state index contributed by atoms with van der Waals surface area (Å²) in [6.07, 6.45) is 0.695. The maximum Gasteiger partial charge on any atom is 0.261 e. The second-order valence-corrected chi connectivity index (χ2v) is 7.11. The third kappa shape index (κ3) is 5.31. The van der Waals surface area contributed by atoms with Crippen LogP contribution in [0.1, 0.15) is 22.3 Å². The highest BCUT2D eigenvalue weighted by molar-refractivity contribution is 7.92. The van der Waals surface area contributed by atoms with Crippen LogP contribution in [0, 0.1) is 11.3 Å². The molecule has 136 valence electrons. The van der Waals surface area contributed by atoms with E-state index in [0.717, 1.165) is 0 Å². The monoisotopic (exact) mass is 373 g/mol. The van der Waals surface area contributed by atoms with Gasteiger partial charge in [0.1, 0.15) is 0 Å². The molecule has 0 bridgehead atoms. The molecular weight excluding hydrogens is 354 g/mol. The topological polar surface area (TPSA) is 108 Å². The number of nitrogens with one attached hydrogen (secondary N) is 2. The average Bonchev–Trinajstić information content (AvgIpc) is 2.65. The molecule has 0 fully saturated rings. The van der Waals surface area contributed by atoms with E-state index >= 15 is 0 Å². The SMILES string of the molecule is COCCCNC(=O)c1ccc(S(=O)(=O)Nc2cccc(C#N)c2)cc1. The Morgan fingerprint density at radius 3 is 2.58 bits per heavy atom. The predicted octanol–water partition coefficient (Wildman–Crippen LogP) is 2.13. The molecule has 26 heavy (non-hydrogen) atoms. The van der Waals surface area contributed by atoms with Gasteiger partial charge in [0.2, 0.25) is 0 Å². The van der Waals surface area contributed by atoms with Crippen LogP contribution < -0.4 is 10.0 Å². The Kier molecular flexibility index (Phi) is 6.72. The molecule has 0 unspecified atom stereocenters. The van der Waals surface area contributed by atoms with E-state index in [1.165, 1.54) is 30.3 Å². The molecule has 2 aromatic carbocycles. The van der Waals surface area contributed by atoms with Gasteiger partial charge in [-0.2, -0.15) is 5.26 Å². The fourth-order valence-electron chi connectivity index (χ4n) is 2.17. The summed E-state index contributed by atoms with van der Waals surface area (Å²) >= 11 is 0. The van der Waals surface area contributed by atoms with Crippen LogP contribution in [0.15, 0.2) is 53.4 Å². The Morgan fingerprint density at radius 2 is 1.92 bits per heavy atom. The van der Waals surface area contributed by atoms with Crippen LogP contribution >= 0.6 is 0 Å². The number of nitrogens with zero attached hydrogens (tertiary/aromatic N) is 1. The summed E-state index contributed by atoms with van der Waals surface area (Å²) < 4.78 is 32.2. The van der Waals surface area contributed by atoms with Crippen molar-refractivity contribution in [2.24, 2.45) is 0 Å². The Labute approximate surface area is 152 Å². The molecule has 0 radical (unpaired) electrons. The molecule has 0 saturated heterocycles. The molecule has 2 rings (SSSR count). The summed E-state index contributed by atoms with van der Waals surface area (Å²) in [5.74, 6) is -0.278. The first-order valence-corrected chi connectivity index (χ1v) is 9.35. The lowest BCUT2D eigenvalue weighted by atomic mass is 10.2. The predicted molar refractivity (Wildman–Crippen MR) is 97.2 cm³/mol. The first kappa shape index (κ1) is 19.4. The molecule has 0 saturated carbocycles. The maximum atomic E-state index is 12.4. The molecule has 7 nitrogen and oxygen atoms in total. The summed E-state index contributed by atoms with van der Waals surface area (Å²) in [4.78, 5) is 12.0. The number of nitriles is 1. The number of hydrogen-bond donors (Lipinski definition) is 2. The molecule has 1 amide bonds. The van der Waals surface area contributed by atoms with Gasteiger partial charge in [-0.3, -0.25) is 9.52 Å². The molecule has 0 aliphatic rings. The van der Waals surface area contributed by atoms with Gasteiger partial charge >= 0.3 is 0 Å². The molecule has 0 aromatic heterocycles. The molecule has 0 spiro atoms. The molecule has 0 atom stereocenters. The summed E-state index contributed by atoms with van der Waals surface area (Å²) in [6, 6.07) is 13.7. The number of methoxy groups -OCH3 is 1. The van der Waals surface area contributed by atoms with E-state index in [1.807, 2.05) is 6.07 Å². The Morgan fingerprint density at radius 1 is 1.19 bits per heavy atom. The zero-order valence-corrected chi connectivity index (χ0v) is 15.0. The number of carbonyl (C=O) groups is 1. The Hall–Kier alpha value is -2.89.